The molecule has 3 rings (SSSR count). The Balaban J connectivity index is 1.66. The number of nitrogens with one attached hydrogen (secondary N) is 2. The molecule has 2 N–H and O–H groups in total. The molecule has 0 aliphatic carbocycles. The van der Waals surface area contributed by atoms with Crippen LogP contribution in [-0.2, 0) is 16.0 Å². The molecule has 0 aliphatic heterocycles. The van der Waals surface area contributed by atoms with E-state index >= 15 is 0 Å². The lowest BCUT2D eigenvalue weighted by Gasteiger charge is -2.14. The van der Waals surface area contributed by atoms with E-state index in [0.29, 0.717) is 17.1 Å². The molecule has 0 spiro atoms. The Kier molecular flexibility index (Phi) is 7.03. The van der Waals surface area contributed by atoms with Gasteiger partial charge in [-0.25, -0.2) is 0 Å². The molecule has 0 aliphatic rings. The van der Waals surface area contributed by atoms with Gasteiger partial charge >= 0.3 is 0 Å². The number of carbonyl (C=O) groups is 2. The van der Waals surface area contributed by atoms with Crippen LogP contribution in [0.4, 0.5) is 11.4 Å². The molecule has 0 bridgehead atoms. The van der Waals surface area contributed by atoms with Crippen molar-refractivity contribution in [2.75, 3.05) is 17.2 Å². The SMILES string of the molecule is CC(=O)Nc1ccc(Br)cc1NC(=O)COc1ccccc1Cc1ccccc1. The second-order valence-electron chi connectivity index (χ2n) is 6.48. The smallest absolute Gasteiger partial charge is 0.262 e. The predicted octanol–water partition coefficient (Wildman–Crippen LogP) is 5.02. The zero-order chi connectivity index (χ0) is 20.6. The third-order valence-corrected chi connectivity index (χ3v) is 4.63. The molecule has 148 valence electrons. The van der Waals surface area contributed by atoms with Crippen LogP contribution in [0.1, 0.15) is 18.1 Å². The molecule has 3 aromatic carbocycles. The number of hydrogen-bond donors (Lipinski definition) is 2. The second-order valence-corrected chi connectivity index (χ2v) is 7.39. The van der Waals surface area contributed by atoms with Crippen molar-refractivity contribution in [3.8, 4) is 5.75 Å². The maximum Gasteiger partial charge on any atom is 0.262 e. The topological polar surface area (TPSA) is 67.4 Å². The van der Waals surface area contributed by atoms with Gasteiger partial charge in [0.05, 0.1) is 11.4 Å². The van der Waals surface area contributed by atoms with Gasteiger partial charge in [0.2, 0.25) is 5.91 Å². The lowest BCUT2D eigenvalue weighted by molar-refractivity contribution is -0.118. The number of para-hydroxylation sites is 1. The molecule has 29 heavy (non-hydrogen) atoms. The molecule has 3 aromatic rings. The first-order chi connectivity index (χ1) is 14.0. The molecule has 0 saturated heterocycles. The van der Waals surface area contributed by atoms with Crippen molar-refractivity contribution in [3.63, 3.8) is 0 Å². The fourth-order valence-corrected chi connectivity index (χ4v) is 3.22. The highest BCUT2D eigenvalue weighted by molar-refractivity contribution is 9.10. The number of anilines is 2. The van der Waals surface area contributed by atoms with E-state index in [-0.39, 0.29) is 18.4 Å². The Labute approximate surface area is 178 Å². The Bertz CT molecular complexity index is 1010. The van der Waals surface area contributed by atoms with Crippen molar-refractivity contribution in [1.29, 1.82) is 0 Å². The Hall–Kier alpha value is -3.12. The van der Waals surface area contributed by atoms with Gasteiger partial charge < -0.3 is 15.4 Å². The van der Waals surface area contributed by atoms with Gasteiger partial charge in [0, 0.05) is 17.8 Å². The maximum absolute atomic E-state index is 12.4. The predicted molar refractivity (Wildman–Crippen MR) is 118 cm³/mol. The van der Waals surface area contributed by atoms with Crippen LogP contribution < -0.4 is 15.4 Å². The lowest BCUT2D eigenvalue weighted by atomic mass is 10.0. The van der Waals surface area contributed by atoms with Crippen LogP contribution in [0.5, 0.6) is 5.75 Å². The zero-order valence-corrected chi connectivity index (χ0v) is 17.5. The van der Waals surface area contributed by atoms with Crippen molar-refractivity contribution < 1.29 is 14.3 Å². The van der Waals surface area contributed by atoms with Gasteiger partial charge in [0.15, 0.2) is 6.61 Å². The van der Waals surface area contributed by atoms with E-state index < -0.39 is 0 Å². The van der Waals surface area contributed by atoms with E-state index in [1.807, 2.05) is 42.5 Å². The number of halogens is 1. The molecule has 0 fully saturated rings. The molecule has 0 radical (unpaired) electrons. The number of ether oxygens (including phenoxy) is 1. The monoisotopic (exact) mass is 452 g/mol. The van der Waals surface area contributed by atoms with Gasteiger partial charge in [-0.2, -0.15) is 0 Å². The van der Waals surface area contributed by atoms with Crippen LogP contribution in [-0.4, -0.2) is 18.4 Å². The average Bonchev–Trinajstić information content (AvgIpc) is 2.70. The lowest BCUT2D eigenvalue weighted by Crippen LogP contribution is -2.21. The van der Waals surface area contributed by atoms with E-state index in [4.69, 9.17) is 4.74 Å². The number of benzene rings is 3. The maximum atomic E-state index is 12.4. The summed E-state index contributed by atoms with van der Waals surface area (Å²) in [5, 5.41) is 5.49. The fourth-order valence-electron chi connectivity index (χ4n) is 2.85. The third kappa shape index (κ3) is 6.19. The summed E-state index contributed by atoms with van der Waals surface area (Å²) >= 11 is 3.37. The van der Waals surface area contributed by atoms with Gasteiger partial charge in [0.1, 0.15) is 5.75 Å². The number of hydrogen-bond acceptors (Lipinski definition) is 3. The van der Waals surface area contributed by atoms with Crippen LogP contribution in [0, 0.1) is 0 Å². The molecule has 6 heteroatoms. The quantitative estimate of drug-likeness (QED) is 0.528. The van der Waals surface area contributed by atoms with Crippen molar-refractivity contribution in [1.82, 2.24) is 0 Å². The first-order valence-electron chi connectivity index (χ1n) is 9.13. The van der Waals surface area contributed by atoms with Crippen molar-refractivity contribution >= 4 is 39.1 Å². The average molecular weight is 453 g/mol. The highest BCUT2D eigenvalue weighted by Crippen LogP contribution is 2.26. The minimum absolute atomic E-state index is 0.141. The van der Waals surface area contributed by atoms with Gasteiger partial charge in [0.25, 0.3) is 5.91 Å². The highest BCUT2D eigenvalue weighted by Gasteiger charge is 2.11. The first kappa shape index (κ1) is 20.6. The molecule has 0 aromatic heterocycles. The van der Waals surface area contributed by atoms with Gasteiger partial charge in [-0.1, -0.05) is 64.5 Å². The van der Waals surface area contributed by atoms with E-state index in [9.17, 15) is 9.59 Å². The van der Waals surface area contributed by atoms with Crippen LogP contribution in [0.25, 0.3) is 0 Å². The summed E-state index contributed by atoms with van der Waals surface area (Å²) < 4.78 is 6.57. The molecule has 0 saturated carbocycles. The van der Waals surface area contributed by atoms with E-state index in [1.165, 1.54) is 12.5 Å². The second kappa shape index (κ2) is 9.89. The zero-order valence-electron chi connectivity index (χ0n) is 15.9. The minimum Gasteiger partial charge on any atom is -0.483 e. The minimum atomic E-state index is -0.316. The van der Waals surface area contributed by atoms with E-state index in [2.05, 4.69) is 38.7 Å². The van der Waals surface area contributed by atoms with Crippen LogP contribution >= 0.6 is 15.9 Å². The summed E-state index contributed by atoms with van der Waals surface area (Å²) in [6.45, 7) is 1.28. The van der Waals surface area contributed by atoms with Crippen LogP contribution in [0.2, 0.25) is 0 Å². The molecule has 0 heterocycles. The standard InChI is InChI=1S/C23H21BrN2O3/c1-16(27)25-20-12-11-19(24)14-21(20)26-23(28)15-29-22-10-6-5-9-18(22)13-17-7-3-2-4-8-17/h2-12,14H,13,15H2,1H3,(H,25,27)(H,26,28). The van der Waals surface area contributed by atoms with Crippen molar-refractivity contribution in [2.45, 2.75) is 13.3 Å². The highest BCUT2D eigenvalue weighted by atomic mass is 79.9. The van der Waals surface area contributed by atoms with Crippen LogP contribution in [0.3, 0.4) is 0 Å². The normalized spacial score (nSPS) is 10.3. The summed E-state index contributed by atoms with van der Waals surface area (Å²) in [5.41, 5.74) is 3.20. The molecule has 2 amide bonds. The first-order valence-corrected chi connectivity index (χ1v) is 9.92. The van der Waals surface area contributed by atoms with Gasteiger partial charge in [-0.15, -0.1) is 0 Å². The molecule has 0 atom stereocenters. The van der Waals surface area contributed by atoms with Gasteiger partial charge in [-0.3, -0.25) is 9.59 Å². The molecular formula is C23H21BrN2O3. The summed E-state index contributed by atoms with van der Waals surface area (Å²) in [6, 6.07) is 23.0. The molecule has 0 unspecified atom stereocenters. The van der Waals surface area contributed by atoms with E-state index in [0.717, 1.165) is 16.5 Å². The van der Waals surface area contributed by atoms with Crippen molar-refractivity contribution in [2.24, 2.45) is 0 Å². The Morgan fingerprint density at radius 1 is 0.897 bits per heavy atom. The summed E-state index contributed by atoms with van der Waals surface area (Å²) in [7, 11) is 0. The van der Waals surface area contributed by atoms with E-state index in [1.54, 1.807) is 18.2 Å². The largest absolute Gasteiger partial charge is 0.483 e. The van der Waals surface area contributed by atoms with Gasteiger partial charge in [-0.05, 0) is 35.4 Å². The molecular weight excluding hydrogens is 432 g/mol. The summed E-state index contributed by atoms with van der Waals surface area (Å²) in [5.74, 6) is 0.140. The molecule has 5 nitrogen and oxygen atoms in total. The Morgan fingerprint density at radius 3 is 2.38 bits per heavy atom. The third-order valence-electron chi connectivity index (χ3n) is 4.14. The summed E-state index contributed by atoms with van der Waals surface area (Å²) in [4.78, 5) is 23.8. The van der Waals surface area contributed by atoms with Crippen LogP contribution in [0.15, 0.2) is 77.3 Å². The Morgan fingerprint density at radius 2 is 1.62 bits per heavy atom. The fraction of sp³-hybridized carbons (Fsp3) is 0.130. The number of amides is 2. The van der Waals surface area contributed by atoms with Crippen molar-refractivity contribution in [3.05, 3.63) is 88.4 Å². The number of carbonyl (C=O) groups excluding carboxylic acids is 2. The number of rotatable bonds is 7. The summed E-state index contributed by atoms with van der Waals surface area (Å²) in [6.07, 6.45) is 0.719.